The fraction of sp³-hybridized carbons (Fsp3) is 0.462. The lowest BCUT2D eigenvalue weighted by Crippen LogP contribution is -2.18. The topological polar surface area (TPSA) is 88.5 Å². The lowest BCUT2D eigenvalue weighted by atomic mass is 10.1. The number of rotatable bonds is 4. The summed E-state index contributed by atoms with van der Waals surface area (Å²) in [6.07, 6.45) is 3.57. The van der Waals surface area contributed by atoms with Gasteiger partial charge in [0.25, 0.3) is 0 Å². The summed E-state index contributed by atoms with van der Waals surface area (Å²) in [6, 6.07) is 3.27. The number of nitrogens with zero attached hydrogens (tertiary/aromatic N) is 1. The van der Waals surface area contributed by atoms with Crippen molar-refractivity contribution >= 4 is 17.8 Å². The zero-order valence-corrected chi connectivity index (χ0v) is 10.6. The standard InChI is InChI=1S/C13H16N2O4/c1-19-13(18)9-4-5-14-11(7-9)15-10-3-2-8(6-10)12(16)17/h4-5,7-8,10H,2-3,6H2,1H3,(H,14,15)(H,16,17)/t8-,10+/m1/s1. The van der Waals surface area contributed by atoms with E-state index in [0.717, 1.165) is 6.42 Å². The predicted octanol–water partition coefficient (Wildman–Crippen LogP) is 1.53. The molecule has 0 saturated heterocycles. The minimum Gasteiger partial charge on any atom is -0.481 e. The van der Waals surface area contributed by atoms with Gasteiger partial charge in [-0.1, -0.05) is 0 Å². The molecule has 1 fully saturated rings. The second-order valence-electron chi connectivity index (χ2n) is 4.61. The van der Waals surface area contributed by atoms with Gasteiger partial charge in [0.15, 0.2) is 0 Å². The van der Waals surface area contributed by atoms with E-state index in [9.17, 15) is 9.59 Å². The third-order valence-electron chi connectivity index (χ3n) is 3.31. The number of carbonyl (C=O) groups excluding carboxylic acids is 1. The van der Waals surface area contributed by atoms with Crippen molar-refractivity contribution < 1.29 is 19.4 Å². The average Bonchev–Trinajstić information content (AvgIpc) is 2.87. The first kappa shape index (κ1) is 13.3. The van der Waals surface area contributed by atoms with E-state index in [4.69, 9.17) is 5.11 Å². The van der Waals surface area contributed by atoms with E-state index >= 15 is 0 Å². The van der Waals surface area contributed by atoms with Crippen LogP contribution < -0.4 is 5.32 Å². The molecule has 6 nitrogen and oxygen atoms in total. The van der Waals surface area contributed by atoms with Crippen molar-refractivity contribution in [3.63, 3.8) is 0 Å². The zero-order valence-electron chi connectivity index (χ0n) is 10.6. The normalized spacial score (nSPS) is 21.9. The maximum atomic E-state index is 11.4. The molecule has 1 saturated carbocycles. The van der Waals surface area contributed by atoms with Crippen LogP contribution in [0.25, 0.3) is 0 Å². The number of carbonyl (C=O) groups is 2. The Morgan fingerprint density at radius 2 is 2.26 bits per heavy atom. The predicted molar refractivity (Wildman–Crippen MR) is 68.0 cm³/mol. The molecule has 0 spiro atoms. The van der Waals surface area contributed by atoms with Crippen molar-refractivity contribution in [2.24, 2.45) is 5.92 Å². The molecule has 6 heteroatoms. The highest BCUT2D eigenvalue weighted by Gasteiger charge is 2.29. The van der Waals surface area contributed by atoms with E-state index in [1.807, 2.05) is 0 Å². The Labute approximate surface area is 110 Å². The average molecular weight is 264 g/mol. The van der Waals surface area contributed by atoms with Gasteiger partial charge >= 0.3 is 11.9 Å². The fourth-order valence-corrected chi connectivity index (χ4v) is 2.30. The van der Waals surface area contributed by atoms with Gasteiger partial charge in [-0.15, -0.1) is 0 Å². The molecule has 1 aromatic heterocycles. The van der Waals surface area contributed by atoms with Gasteiger partial charge in [-0.3, -0.25) is 4.79 Å². The van der Waals surface area contributed by atoms with Gasteiger partial charge in [0.2, 0.25) is 0 Å². The second-order valence-corrected chi connectivity index (χ2v) is 4.61. The lowest BCUT2D eigenvalue weighted by Gasteiger charge is -2.13. The molecule has 0 bridgehead atoms. The number of nitrogens with one attached hydrogen (secondary N) is 1. The Morgan fingerprint density at radius 1 is 1.47 bits per heavy atom. The maximum Gasteiger partial charge on any atom is 0.338 e. The number of pyridine rings is 1. The van der Waals surface area contributed by atoms with Crippen molar-refractivity contribution in [2.45, 2.75) is 25.3 Å². The summed E-state index contributed by atoms with van der Waals surface area (Å²) < 4.78 is 4.64. The monoisotopic (exact) mass is 264 g/mol. The first-order valence-corrected chi connectivity index (χ1v) is 6.14. The number of aromatic nitrogens is 1. The number of esters is 1. The summed E-state index contributed by atoms with van der Waals surface area (Å²) in [5, 5.41) is 12.1. The van der Waals surface area contributed by atoms with E-state index < -0.39 is 11.9 Å². The van der Waals surface area contributed by atoms with Crippen LogP contribution in [0.4, 0.5) is 5.82 Å². The van der Waals surface area contributed by atoms with Crippen molar-refractivity contribution in [1.29, 1.82) is 0 Å². The van der Waals surface area contributed by atoms with Crippen molar-refractivity contribution in [2.75, 3.05) is 12.4 Å². The van der Waals surface area contributed by atoms with Gasteiger partial charge in [-0.25, -0.2) is 9.78 Å². The van der Waals surface area contributed by atoms with Crippen LogP contribution in [-0.4, -0.2) is 35.2 Å². The molecule has 2 atom stereocenters. The fourth-order valence-electron chi connectivity index (χ4n) is 2.30. The Kier molecular flexibility index (Phi) is 3.99. The summed E-state index contributed by atoms with van der Waals surface area (Å²) in [4.78, 5) is 26.4. The molecule has 1 aliphatic rings. The highest BCUT2D eigenvalue weighted by atomic mass is 16.5. The molecule has 19 heavy (non-hydrogen) atoms. The number of methoxy groups -OCH3 is 1. The van der Waals surface area contributed by atoms with Gasteiger partial charge in [-0.2, -0.15) is 0 Å². The minimum atomic E-state index is -0.749. The highest BCUT2D eigenvalue weighted by Crippen LogP contribution is 2.27. The lowest BCUT2D eigenvalue weighted by molar-refractivity contribution is -0.141. The Hall–Kier alpha value is -2.11. The summed E-state index contributed by atoms with van der Waals surface area (Å²) >= 11 is 0. The van der Waals surface area contributed by atoms with Crippen molar-refractivity contribution in [3.05, 3.63) is 23.9 Å². The van der Waals surface area contributed by atoms with E-state index in [1.165, 1.54) is 13.3 Å². The largest absolute Gasteiger partial charge is 0.481 e. The van der Waals surface area contributed by atoms with Crippen LogP contribution in [0.15, 0.2) is 18.3 Å². The first-order chi connectivity index (χ1) is 9.10. The molecule has 1 aromatic rings. The second kappa shape index (κ2) is 5.69. The van der Waals surface area contributed by atoms with Crippen LogP contribution in [-0.2, 0) is 9.53 Å². The van der Waals surface area contributed by atoms with Gasteiger partial charge in [0.1, 0.15) is 5.82 Å². The molecule has 0 amide bonds. The van der Waals surface area contributed by atoms with Gasteiger partial charge in [0.05, 0.1) is 18.6 Å². The molecular formula is C13H16N2O4. The van der Waals surface area contributed by atoms with E-state index in [2.05, 4.69) is 15.0 Å². The SMILES string of the molecule is COC(=O)c1ccnc(N[C@H]2CC[C@@H](C(=O)O)C2)c1. The molecule has 0 unspecified atom stereocenters. The number of hydrogen-bond donors (Lipinski definition) is 2. The third kappa shape index (κ3) is 3.21. The summed E-state index contributed by atoms with van der Waals surface area (Å²) in [7, 11) is 1.32. The smallest absolute Gasteiger partial charge is 0.338 e. The van der Waals surface area contributed by atoms with Gasteiger partial charge < -0.3 is 15.2 Å². The summed E-state index contributed by atoms with van der Waals surface area (Å²) in [5.41, 5.74) is 0.424. The van der Waals surface area contributed by atoms with Gasteiger partial charge in [0, 0.05) is 12.2 Å². The number of carboxylic acids is 1. The van der Waals surface area contributed by atoms with Crippen molar-refractivity contribution in [3.8, 4) is 0 Å². The molecule has 0 radical (unpaired) electrons. The molecule has 1 heterocycles. The Balaban J connectivity index is 2.00. The minimum absolute atomic E-state index is 0.0847. The van der Waals surface area contributed by atoms with Crippen LogP contribution in [0, 0.1) is 5.92 Å². The Morgan fingerprint density at radius 3 is 2.89 bits per heavy atom. The molecule has 102 valence electrons. The van der Waals surface area contributed by atoms with Crippen LogP contribution in [0.3, 0.4) is 0 Å². The maximum absolute atomic E-state index is 11.4. The summed E-state index contributed by atoms with van der Waals surface area (Å²) in [5.74, 6) is -0.888. The van der Waals surface area contributed by atoms with E-state index in [-0.39, 0.29) is 12.0 Å². The van der Waals surface area contributed by atoms with Crippen LogP contribution in [0.1, 0.15) is 29.6 Å². The molecule has 0 aromatic carbocycles. The third-order valence-corrected chi connectivity index (χ3v) is 3.31. The number of ether oxygens (including phenoxy) is 1. The molecule has 0 aliphatic heterocycles. The number of anilines is 1. The summed E-state index contributed by atoms with van der Waals surface area (Å²) in [6.45, 7) is 0. The first-order valence-electron chi connectivity index (χ1n) is 6.14. The van der Waals surface area contributed by atoms with E-state index in [1.54, 1.807) is 12.1 Å². The molecular weight excluding hydrogens is 248 g/mol. The molecule has 1 aliphatic carbocycles. The number of carboxylic acid groups (broad SMARTS) is 1. The van der Waals surface area contributed by atoms with Gasteiger partial charge in [-0.05, 0) is 31.4 Å². The van der Waals surface area contributed by atoms with Crippen molar-refractivity contribution in [1.82, 2.24) is 4.98 Å². The number of hydrogen-bond acceptors (Lipinski definition) is 5. The van der Waals surface area contributed by atoms with Crippen LogP contribution in [0.2, 0.25) is 0 Å². The Bertz CT molecular complexity index is 489. The molecule has 2 N–H and O–H groups in total. The van der Waals surface area contributed by atoms with Crippen LogP contribution in [0.5, 0.6) is 0 Å². The number of aliphatic carboxylic acids is 1. The quantitative estimate of drug-likeness (QED) is 0.802. The van der Waals surface area contributed by atoms with Crippen LogP contribution >= 0.6 is 0 Å². The highest BCUT2D eigenvalue weighted by molar-refractivity contribution is 5.90. The zero-order chi connectivity index (χ0) is 13.8. The van der Waals surface area contributed by atoms with E-state index in [0.29, 0.717) is 24.2 Å². The molecule has 2 rings (SSSR count).